The highest BCUT2D eigenvalue weighted by Crippen LogP contribution is 2.34. The van der Waals surface area contributed by atoms with E-state index in [1.807, 2.05) is 22.9 Å². The lowest BCUT2D eigenvalue weighted by Crippen LogP contribution is -2.43. The second-order valence-electron chi connectivity index (χ2n) is 13.4. The van der Waals surface area contributed by atoms with Crippen LogP contribution in [0.1, 0.15) is 55.2 Å². The topological polar surface area (TPSA) is 64.3 Å². The molecule has 0 unspecified atom stereocenters. The molecule has 1 fully saturated rings. The number of hydrogen-bond donors (Lipinski definition) is 1. The first-order valence-electron chi connectivity index (χ1n) is 16.9. The molecule has 1 aromatic heterocycles. The molecular weight excluding hydrogens is 576 g/mol. The quantitative estimate of drug-likeness (QED) is 0.231. The van der Waals surface area contributed by atoms with E-state index >= 15 is 0 Å². The Morgan fingerprint density at radius 1 is 0.783 bits per heavy atom. The van der Waals surface area contributed by atoms with Gasteiger partial charge in [-0.25, -0.2) is 0 Å². The van der Waals surface area contributed by atoms with E-state index in [1.165, 1.54) is 42.2 Å². The van der Waals surface area contributed by atoms with Crippen molar-refractivity contribution in [3.05, 3.63) is 88.1 Å². The molecular formula is C38H44N4O4. The summed E-state index contributed by atoms with van der Waals surface area (Å²) in [6, 6.07) is 20.9. The van der Waals surface area contributed by atoms with Crippen molar-refractivity contribution in [3.8, 4) is 22.9 Å². The summed E-state index contributed by atoms with van der Waals surface area (Å²) < 4.78 is 26.2. The molecule has 0 saturated heterocycles. The molecule has 1 N–H and O–H groups in total. The summed E-state index contributed by atoms with van der Waals surface area (Å²) >= 11 is 0. The van der Waals surface area contributed by atoms with Crippen molar-refractivity contribution >= 4 is 17.8 Å². The van der Waals surface area contributed by atoms with Crippen LogP contribution in [0.3, 0.4) is 0 Å². The first kappa shape index (κ1) is 29.3. The van der Waals surface area contributed by atoms with Gasteiger partial charge in [0.2, 0.25) is 0 Å². The lowest BCUT2D eigenvalue weighted by molar-refractivity contribution is 0.0526. The van der Waals surface area contributed by atoms with Gasteiger partial charge in [0.15, 0.2) is 12.1 Å². The number of anilines is 1. The predicted octanol–water partition coefficient (Wildman–Crippen LogP) is 5.99. The fourth-order valence-electron chi connectivity index (χ4n) is 7.49. The van der Waals surface area contributed by atoms with Crippen molar-refractivity contribution in [2.24, 2.45) is 11.8 Å². The molecule has 4 aliphatic rings. The minimum atomic E-state index is 0.430. The maximum atomic E-state index is 6.18. The summed E-state index contributed by atoms with van der Waals surface area (Å²) in [6.45, 7) is 7.87. The zero-order valence-electron chi connectivity index (χ0n) is 26.7. The summed E-state index contributed by atoms with van der Waals surface area (Å²) in [5, 5.41) is 4.61. The van der Waals surface area contributed by atoms with E-state index in [9.17, 15) is 0 Å². The van der Waals surface area contributed by atoms with Crippen molar-refractivity contribution in [1.29, 1.82) is 0 Å². The van der Waals surface area contributed by atoms with E-state index in [0.29, 0.717) is 20.2 Å². The van der Waals surface area contributed by atoms with E-state index in [-0.39, 0.29) is 0 Å². The normalized spacial score (nSPS) is 21.1. The number of hydrogen-bond acceptors (Lipinski definition) is 7. The molecule has 240 valence electrons. The lowest BCUT2D eigenvalue weighted by Gasteiger charge is -2.37. The average Bonchev–Trinajstić information content (AvgIpc) is 3.07. The predicted molar refractivity (Wildman–Crippen MR) is 179 cm³/mol. The van der Waals surface area contributed by atoms with Crippen LogP contribution in [0.15, 0.2) is 65.2 Å². The van der Waals surface area contributed by atoms with Crippen LogP contribution in [0.5, 0.6) is 17.2 Å². The zero-order valence-corrected chi connectivity index (χ0v) is 26.7. The van der Waals surface area contributed by atoms with Gasteiger partial charge in [-0.05, 0) is 111 Å². The van der Waals surface area contributed by atoms with Crippen LogP contribution >= 0.6 is 0 Å². The Morgan fingerprint density at radius 3 is 2.17 bits per heavy atom. The number of ether oxygens (including phenoxy) is 3. The number of benzene rings is 3. The van der Waals surface area contributed by atoms with Crippen LogP contribution in [-0.4, -0.2) is 47.8 Å². The Labute approximate surface area is 270 Å². The standard InChI is InChI=1S/C38H44N4O4/c1-27-6-2-4-8-35(27)43-24-39-32-14-16-36-30(18-32)22-40(25-44-36)20-28-10-12-29(13-11-28)21-41-23-31-19-33(15-17-37(31)45-26-41)42-34-7-3-5-9-38(34)46-42/h2,4,6-9,14-19,28-29,39H,3,5,10-13,20-26H2,1H3. The maximum Gasteiger partial charge on any atom is 0.178 e. The summed E-state index contributed by atoms with van der Waals surface area (Å²) in [6.07, 6.45) is 11.7. The molecule has 0 amide bonds. The van der Waals surface area contributed by atoms with Gasteiger partial charge in [-0.1, -0.05) is 24.3 Å². The number of para-hydroxylation sites is 1. The second kappa shape index (κ2) is 12.9. The van der Waals surface area contributed by atoms with Crippen LogP contribution in [0.4, 0.5) is 5.69 Å². The van der Waals surface area contributed by atoms with Crippen molar-refractivity contribution in [2.45, 2.75) is 58.5 Å². The van der Waals surface area contributed by atoms with Gasteiger partial charge < -0.3 is 24.1 Å². The minimum absolute atomic E-state index is 0.430. The van der Waals surface area contributed by atoms with Crippen LogP contribution in [0.2, 0.25) is 0 Å². The molecule has 0 bridgehead atoms. The summed E-state index contributed by atoms with van der Waals surface area (Å²) in [4.78, 5) is 4.95. The van der Waals surface area contributed by atoms with Crippen LogP contribution < -0.4 is 30.3 Å². The second-order valence-corrected chi connectivity index (χ2v) is 13.4. The number of rotatable bonds is 9. The monoisotopic (exact) mass is 620 g/mol. The third-order valence-corrected chi connectivity index (χ3v) is 10.0. The molecule has 8 heteroatoms. The summed E-state index contributed by atoms with van der Waals surface area (Å²) in [5.74, 6) is 4.34. The number of aryl methyl sites for hydroxylation is 1. The van der Waals surface area contributed by atoms with Crippen molar-refractivity contribution in [3.63, 3.8) is 0 Å². The van der Waals surface area contributed by atoms with Crippen molar-refractivity contribution in [1.82, 2.24) is 14.5 Å². The van der Waals surface area contributed by atoms with E-state index in [0.717, 1.165) is 90.5 Å². The third-order valence-electron chi connectivity index (χ3n) is 10.0. The first-order chi connectivity index (χ1) is 22.6. The summed E-state index contributed by atoms with van der Waals surface area (Å²) in [7, 11) is 0. The Bertz CT molecular complexity index is 1800. The minimum Gasteiger partial charge on any atom is -0.478 e. The molecule has 0 spiro atoms. The molecule has 3 heterocycles. The van der Waals surface area contributed by atoms with Gasteiger partial charge in [0.1, 0.15) is 36.1 Å². The van der Waals surface area contributed by atoms with E-state index in [1.54, 1.807) is 0 Å². The highest BCUT2D eigenvalue weighted by Gasteiger charge is 2.28. The smallest absolute Gasteiger partial charge is 0.178 e. The highest BCUT2D eigenvalue weighted by atomic mass is 16.5. The molecule has 2 aliphatic heterocycles. The lowest BCUT2D eigenvalue weighted by atomic mass is 9.81. The number of nitrogens with one attached hydrogen (secondary N) is 1. The van der Waals surface area contributed by atoms with Gasteiger partial charge in [-0.2, -0.15) is 4.74 Å². The van der Waals surface area contributed by atoms with Gasteiger partial charge in [0.05, 0.1) is 5.69 Å². The molecule has 8 nitrogen and oxygen atoms in total. The van der Waals surface area contributed by atoms with Crippen LogP contribution in [0.25, 0.3) is 17.8 Å². The van der Waals surface area contributed by atoms with Crippen LogP contribution in [0, 0.1) is 18.8 Å². The van der Waals surface area contributed by atoms with E-state index in [2.05, 4.69) is 76.7 Å². The first-order valence-corrected chi connectivity index (χ1v) is 16.9. The Balaban J connectivity index is 0.804. The Kier molecular flexibility index (Phi) is 8.23. The van der Waals surface area contributed by atoms with Crippen molar-refractivity contribution in [2.75, 3.05) is 38.6 Å². The molecule has 1 saturated carbocycles. The average molecular weight is 621 g/mol. The highest BCUT2D eigenvalue weighted by molar-refractivity contribution is 5.52. The van der Waals surface area contributed by atoms with Gasteiger partial charge in [-0.15, -0.1) is 0 Å². The van der Waals surface area contributed by atoms with Gasteiger partial charge in [0.25, 0.3) is 0 Å². The van der Waals surface area contributed by atoms with Gasteiger partial charge in [-0.3, -0.25) is 9.80 Å². The fourth-order valence-corrected chi connectivity index (χ4v) is 7.49. The molecule has 3 aromatic carbocycles. The van der Waals surface area contributed by atoms with Crippen LogP contribution in [-0.2, 0) is 13.1 Å². The largest absolute Gasteiger partial charge is 0.478 e. The Morgan fingerprint density at radius 2 is 1.46 bits per heavy atom. The molecule has 2 aliphatic carbocycles. The molecule has 46 heavy (non-hydrogen) atoms. The Hall–Kier alpha value is -4.14. The SMILES string of the molecule is Cc1ccccc1OCNc1ccc2c(c1)CN(CC1CCC(CN3COc4ccc(-n5oc6c5=CCCC=6)cc4C3)CC1)CO2. The van der Waals surface area contributed by atoms with Crippen molar-refractivity contribution < 1.29 is 18.7 Å². The van der Waals surface area contributed by atoms with E-state index < -0.39 is 0 Å². The number of nitrogens with zero attached hydrogens (tertiary/aromatic N) is 3. The zero-order chi connectivity index (χ0) is 30.9. The molecule has 8 rings (SSSR count). The number of fused-ring (bicyclic) bond motifs is 3. The molecule has 0 atom stereocenters. The maximum absolute atomic E-state index is 6.18. The van der Waals surface area contributed by atoms with Gasteiger partial charge in [0, 0.05) is 43.0 Å². The number of aromatic nitrogens is 1. The third kappa shape index (κ3) is 6.29. The molecule has 4 aromatic rings. The molecule has 0 radical (unpaired) electrons. The van der Waals surface area contributed by atoms with Gasteiger partial charge >= 0.3 is 0 Å². The van der Waals surface area contributed by atoms with E-state index in [4.69, 9.17) is 18.7 Å². The fraction of sp³-hybridized carbons (Fsp3) is 0.421. The summed E-state index contributed by atoms with van der Waals surface area (Å²) in [5.41, 5.74) is 6.77.